The van der Waals surface area contributed by atoms with Crippen LogP contribution in [0.5, 0.6) is 0 Å². The van der Waals surface area contributed by atoms with Crippen molar-refractivity contribution in [1.29, 1.82) is 0 Å². The van der Waals surface area contributed by atoms with Crippen molar-refractivity contribution in [3.8, 4) is 0 Å². The number of halogens is 1. The molecule has 0 bridgehead atoms. The molecule has 1 aromatic carbocycles. The third kappa shape index (κ3) is 7.27. The van der Waals surface area contributed by atoms with Gasteiger partial charge in [-0.15, -0.1) is 0 Å². The van der Waals surface area contributed by atoms with Gasteiger partial charge in [-0.1, -0.05) is 0 Å². The smallest absolute Gasteiger partial charge is 0.251 e. The normalized spacial score (nSPS) is 14.1. The maximum absolute atomic E-state index is 12.5. The van der Waals surface area contributed by atoms with Crippen molar-refractivity contribution in [2.75, 3.05) is 13.2 Å². The van der Waals surface area contributed by atoms with Crippen LogP contribution in [0, 0.1) is 3.57 Å². The number of amides is 1. The number of benzene rings is 1. The molecule has 5 nitrogen and oxygen atoms in total. The van der Waals surface area contributed by atoms with E-state index in [0.717, 1.165) is 3.57 Å². The van der Waals surface area contributed by atoms with Gasteiger partial charge in [-0.25, -0.2) is 0 Å². The van der Waals surface area contributed by atoms with Crippen LogP contribution in [0.2, 0.25) is 0 Å². The third-order valence-corrected chi connectivity index (χ3v) is 3.92. The average Bonchev–Trinajstić information content (AvgIpc) is 2.48. The summed E-state index contributed by atoms with van der Waals surface area (Å²) in [7, 11) is 0. The molecule has 24 heavy (non-hydrogen) atoms. The summed E-state index contributed by atoms with van der Waals surface area (Å²) >= 11 is 2.17. The second kappa shape index (κ2) is 9.48. The Morgan fingerprint density at radius 3 is 2.29 bits per heavy atom. The zero-order valence-electron chi connectivity index (χ0n) is 14.9. The predicted octanol–water partition coefficient (Wildman–Crippen LogP) is 3.20. The number of rotatable bonds is 8. The van der Waals surface area contributed by atoms with E-state index in [2.05, 4.69) is 27.9 Å². The lowest BCUT2D eigenvalue weighted by atomic mass is 10.1. The van der Waals surface area contributed by atoms with Gasteiger partial charge >= 0.3 is 0 Å². The molecule has 0 aliphatic rings. The fraction of sp³-hybridized carbons (Fsp3) is 0.556. The van der Waals surface area contributed by atoms with E-state index in [-0.39, 0.29) is 18.3 Å². The van der Waals surface area contributed by atoms with Crippen molar-refractivity contribution in [1.82, 2.24) is 5.32 Å². The zero-order valence-corrected chi connectivity index (χ0v) is 17.0. The maximum Gasteiger partial charge on any atom is 0.251 e. The van der Waals surface area contributed by atoms with Crippen LogP contribution in [0.3, 0.4) is 0 Å². The van der Waals surface area contributed by atoms with E-state index in [4.69, 9.17) is 9.47 Å². The number of carbonyl (C=O) groups is 2. The molecule has 1 aromatic rings. The minimum atomic E-state index is -0.762. The average molecular weight is 447 g/mol. The lowest BCUT2D eigenvalue weighted by Gasteiger charge is -2.30. The van der Waals surface area contributed by atoms with Crippen molar-refractivity contribution in [3.05, 3.63) is 33.4 Å². The molecule has 0 aliphatic heterocycles. The van der Waals surface area contributed by atoms with Crippen LogP contribution in [0.1, 0.15) is 45.0 Å². The molecular formula is C18H26INO4. The van der Waals surface area contributed by atoms with Crippen LogP contribution < -0.4 is 5.32 Å². The first-order valence-corrected chi connectivity index (χ1v) is 9.06. The van der Waals surface area contributed by atoms with Crippen molar-refractivity contribution < 1.29 is 19.1 Å². The highest BCUT2D eigenvalue weighted by atomic mass is 127. The molecule has 2 atom stereocenters. The lowest BCUT2D eigenvalue weighted by molar-refractivity contribution is -0.133. The van der Waals surface area contributed by atoms with Crippen LogP contribution in [-0.4, -0.2) is 42.7 Å². The van der Waals surface area contributed by atoms with Gasteiger partial charge in [0.05, 0.1) is 11.7 Å². The minimum absolute atomic E-state index is 0.0496. The van der Waals surface area contributed by atoms with E-state index < -0.39 is 17.7 Å². The Morgan fingerprint density at radius 2 is 1.79 bits per heavy atom. The van der Waals surface area contributed by atoms with Crippen molar-refractivity contribution >= 4 is 34.3 Å². The highest BCUT2D eigenvalue weighted by Crippen LogP contribution is 2.15. The number of carbonyl (C=O) groups excluding carboxylic acids is 2. The number of Topliss-reactive ketones (excluding diaryl/α,β-unsaturated/α-hetero) is 1. The number of nitrogens with one attached hydrogen (secondary N) is 1. The van der Waals surface area contributed by atoms with Crippen molar-refractivity contribution in [3.63, 3.8) is 0 Å². The number of hydrogen-bond acceptors (Lipinski definition) is 4. The van der Waals surface area contributed by atoms with Crippen LogP contribution in [-0.2, 0) is 14.3 Å². The zero-order chi connectivity index (χ0) is 18.3. The summed E-state index contributed by atoms with van der Waals surface area (Å²) < 4.78 is 12.1. The van der Waals surface area contributed by atoms with E-state index >= 15 is 0 Å². The quantitative estimate of drug-likeness (QED) is 0.622. The molecule has 1 amide bonds. The van der Waals surface area contributed by atoms with Gasteiger partial charge in [0.1, 0.15) is 12.6 Å². The second-order valence-electron chi connectivity index (χ2n) is 6.50. The Labute approximate surface area is 157 Å². The molecule has 0 radical (unpaired) electrons. The molecule has 1 N–H and O–H groups in total. The first kappa shape index (κ1) is 21.1. The summed E-state index contributed by atoms with van der Waals surface area (Å²) in [5.74, 6) is -0.502. The van der Waals surface area contributed by atoms with E-state index in [1.165, 1.54) is 0 Å². The Bertz CT molecular complexity index is 551. The second-order valence-corrected chi connectivity index (χ2v) is 7.74. The van der Waals surface area contributed by atoms with E-state index in [1.54, 1.807) is 19.1 Å². The van der Waals surface area contributed by atoms with E-state index in [1.807, 2.05) is 39.8 Å². The number of ether oxygens (including phenoxy) is 2. The van der Waals surface area contributed by atoms with Gasteiger partial charge < -0.3 is 14.8 Å². The fourth-order valence-electron chi connectivity index (χ4n) is 2.20. The standard InChI is InChI=1S/C18H26INO4/c1-6-23-11-15(21)16(12(2)24-18(3,4)5)20-17(22)13-7-9-14(19)10-8-13/h7-10,12,16H,6,11H2,1-5H3,(H,20,22)/t12-,16?/m1/s1. The topological polar surface area (TPSA) is 64.6 Å². The van der Waals surface area contributed by atoms with E-state index in [9.17, 15) is 9.59 Å². The summed E-state index contributed by atoms with van der Waals surface area (Å²) in [5.41, 5.74) is 0.0875. The highest BCUT2D eigenvalue weighted by Gasteiger charge is 2.30. The monoisotopic (exact) mass is 447 g/mol. The molecule has 0 heterocycles. The fourth-order valence-corrected chi connectivity index (χ4v) is 2.56. The van der Waals surface area contributed by atoms with E-state index in [0.29, 0.717) is 12.2 Å². The molecule has 1 rings (SSSR count). The minimum Gasteiger partial charge on any atom is -0.374 e. The van der Waals surface area contributed by atoms with Gasteiger partial charge in [-0.2, -0.15) is 0 Å². The molecule has 0 saturated carbocycles. The van der Waals surface area contributed by atoms with Gasteiger partial charge in [0.25, 0.3) is 5.91 Å². The third-order valence-electron chi connectivity index (χ3n) is 3.20. The van der Waals surface area contributed by atoms with Crippen LogP contribution in [0.25, 0.3) is 0 Å². The molecule has 0 spiro atoms. The summed E-state index contributed by atoms with van der Waals surface area (Å²) in [6, 6.07) is 6.40. The molecule has 134 valence electrons. The molecule has 0 saturated heterocycles. The first-order chi connectivity index (χ1) is 11.1. The Balaban J connectivity index is 2.89. The Hall–Kier alpha value is -0.990. The SMILES string of the molecule is CCOCC(=O)C(NC(=O)c1ccc(I)cc1)[C@@H](C)OC(C)(C)C. The van der Waals surface area contributed by atoms with Gasteiger partial charge in [-0.3, -0.25) is 9.59 Å². The summed E-state index contributed by atoms with van der Waals surface area (Å²) in [4.78, 5) is 24.9. The van der Waals surface area contributed by atoms with Gasteiger partial charge in [-0.05, 0) is 81.5 Å². The molecular weight excluding hydrogens is 421 g/mol. The van der Waals surface area contributed by atoms with Crippen LogP contribution >= 0.6 is 22.6 Å². The molecule has 0 fully saturated rings. The molecule has 1 unspecified atom stereocenters. The van der Waals surface area contributed by atoms with Gasteiger partial charge in [0.2, 0.25) is 0 Å². The Morgan fingerprint density at radius 1 is 1.21 bits per heavy atom. The largest absolute Gasteiger partial charge is 0.374 e. The Kier molecular flexibility index (Phi) is 8.32. The van der Waals surface area contributed by atoms with Crippen LogP contribution in [0.15, 0.2) is 24.3 Å². The molecule has 0 aromatic heterocycles. The maximum atomic E-state index is 12.5. The van der Waals surface area contributed by atoms with Gasteiger partial charge in [0, 0.05) is 15.7 Å². The summed E-state index contributed by atoms with van der Waals surface area (Å²) in [6.45, 7) is 9.73. The van der Waals surface area contributed by atoms with Crippen molar-refractivity contribution in [2.24, 2.45) is 0 Å². The summed E-state index contributed by atoms with van der Waals surface area (Å²) in [6.07, 6.45) is -0.467. The van der Waals surface area contributed by atoms with Gasteiger partial charge in [0.15, 0.2) is 5.78 Å². The highest BCUT2D eigenvalue weighted by molar-refractivity contribution is 14.1. The number of hydrogen-bond donors (Lipinski definition) is 1. The van der Waals surface area contributed by atoms with Crippen LogP contribution in [0.4, 0.5) is 0 Å². The molecule has 0 aliphatic carbocycles. The summed E-state index contributed by atoms with van der Waals surface area (Å²) in [5, 5.41) is 2.79. The number of ketones is 1. The lowest BCUT2D eigenvalue weighted by Crippen LogP contribution is -2.51. The predicted molar refractivity (Wildman–Crippen MR) is 102 cm³/mol. The first-order valence-electron chi connectivity index (χ1n) is 7.98. The van der Waals surface area contributed by atoms with Crippen molar-refractivity contribution in [2.45, 2.75) is 52.4 Å². The molecule has 6 heteroatoms.